The van der Waals surface area contributed by atoms with E-state index in [1.165, 1.54) is 43.6 Å². The van der Waals surface area contributed by atoms with Crippen molar-refractivity contribution in [2.24, 2.45) is 0 Å². The Morgan fingerprint density at radius 3 is 1.70 bits per heavy atom. The van der Waals surface area contributed by atoms with Gasteiger partial charge in [-0.25, -0.2) is 0 Å². The second kappa shape index (κ2) is 12.5. The van der Waals surface area contributed by atoms with Crippen molar-refractivity contribution in [3.63, 3.8) is 0 Å². The predicted molar refractivity (Wildman–Crippen MR) is 239 cm³/mol. The maximum absolute atomic E-state index is 6.62. The number of anilines is 3. The molecule has 2 aromatic heterocycles. The molecule has 2 heterocycles. The van der Waals surface area contributed by atoms with Crippen molar-refractivity contribution < 1.29 is 8.83 Å². The molecule has 0 aliphatic carbocycles. The first-order chi connectivity index (χ1) is 28.2. The Balaban J connectivity index is 1.06. The van der Waals surface area contributed by atoms with E-state index >= 15 is 0 Å². The van der Waals surface area contributed by atoms with Crippen molar-refractivity contribution in [2.45, 2.75) is 0 Å². The van der Waals surface area contributed by atoms with Gasteiger partial charge in [-0.05, 0) is 104 Å². The summed E-state index contributed by atoms with van der Waals surface area (Å²) in [5, 5.41) is 11.7. The van der Waals surface area contributed by atoms with Gasteiger partial charge < -0.3 is 13.7 Å². The maximum atomic E-state index is 6.62. The molecule has 0 atom stereocenters. The quantitative estimate of drug-likeness (QED) is 0.177. The highest BCUT2D eigenvalue weighted by atomic mass is 16.3. The molecule has 57 heavy (non-hydrogen) atoms. The number of rotatable bonds is 5. The molecule has 12 aromatic rings. The summed E-state index contributed by atoms with van der Waals surface area (Å²) in [7, 11) is 0. The number of fused-ring (bicyclic) bond motifs is 11. The number of para-hydroxylation sites is 1. The topological polar surface area (TPSA) is 29.5 Å². The van der Waals surface area contributed by atoms with Crippen LogP contribution in [0.15, 0.2) is 209 Å². The first-order valence-electron chi connectivity index (χ1n) is 19.4. The summed E-state index contributed by atoms with van der Waals surface area (Å²) < 4.78 is 12.9. The van der Waals surface area contributed by atoms with E-state index in [9.17, 15) is 0 Å². The van der Waals surface area contributed by atoms with Crippen molar-refractivity contribution in [3.8, 4) is 22.3 Å². The molecule has 0 radical (unpaired) electrons. The lowest BCUT2D eigenvalue weighted by Gasteiger charge is -2.27. The Bertz CT molecular complexity index is 3520. The summed E-state index contributed by atoms with van der Waals surface area (Å²) in [6.45, 7) is 0. The van der Waals surface area contributed by atoms with Crippen LogP contribution in [0.5, 0.6) is 0 Å². The lowest BCUT2D eigenvalue weighted by Crippen LogP contribution is -2.10. The van der Waals surface area contributed by atoms with Crippen molar-refractivity contribution in [2.75, 3.05) is 4.90 Å². The molecule has 0 saturated carbocycles. The third-order valence-electron chi connectivity index (χ3n) is 11.6. The molecule has 12 rings (SSSR count). The fraction of sp³-hybridized carbons (Fsp3) is 0. The van der Waals surface area contributed by atoms with Gasteiger partial charge in [-0.15, -0.1) is 0 Å². The van der Waals surface area contributed by atoms with Crippen LogP contribution in [0.25, 0.3) is 98.4 Å². The zero-order valence-electron chi connectivity index (χ0n) is 30.8. The van der Waals surface area contributed by atoms with Crippen LogP contribution in [0.4, 0.5) is 17.1 Å². The molecule has 266 valence electrons. The number of furan rings is 2. The molecule has 3 heteroatoms. The van der Waals surface area contributed by atoms with Crippen LogP contribution in [0.1, 0.15) is 0 Å². The molecular formula is C54H33NO2. The monoisotopic (exact) mass is 727 g/mol. The highest BCUT2D eigenvalue weighted by Crippen LogP contribution is 2.45. The van der Waals surface area contributed by atoms with Crippen LogP contribution in [0.2, 0.25) is 0 Å². The number of hydrogen-bond acceptors (Lipinski definition) is 3. The van der Waals surface area contributed by atoms with E-state index in [1.807, 2.05) is 12.1 Å². The Hall–Kier alpha value is -7.62. The van der Waals surface area contributed by atoms with Gasteiger partial charge in [-0.3, -0.25) is 0 Å². The van der Waals surface area contributed by atoms with E-state index in [0.29, 0.717) is 0 Å². The lowest BCUT2D eigenvalue weighted by atomic mass is 9.93. The van der Waals surface area contributed by atoms with E-state index in [-0.39, 0.29) is 0 Å². The molecule has 0 unspecified atom stereocenters. The molecule has 0 spiro atoms. The van der Waals surface area contributed by atoms with Gasteiger partial charge in [0, 0.05) is 44.4 Å². The molecular weight excluding hydrogens is 695 g/mol. The fourth-order valence-corrected chi connectivity index (χ4v) is 8.98. The Morgan fingerprint density at radius 1 is 0.298 bits per heavy atom. The summed E-state index contributed by atoms with van der Waals surface area (Å²) in [5.41, 5.74) is 11.5. The largest absolute Gasteiger partial charge is 0.456 e. The van der Waals surface area contributed by atoms with E-state index < -0.39 is 0 Å². The molecule has 3 nitrogen and oxygen atoms in total. The highest BCUT2D eigenvalue weighted by molar-refractivity contribution is 6.21. The van der Waals surface area contributed by atoms with Crippen molar-refractivity contribution in [3.05, 3.63) is 200 Å². The second-order valence-corrected chi connectivity index (χ2v) is 14.8. The SMILES string of the molecule is c1ccc(-c2ccc(N(c3ccc4c(c3)oc3ccc5ccccc5c34)c3ccc(-c4ccc5ccc6oc7ccccc7c6c5c4)c4ccccc34)cc2)cc1. The lowest BCUT2D eigenvalue weighted by molar-refractivity contribution is 0.669. The van der Waals surface area contributed by atoms with Gasteiger partial charge in [0.2, 0.25) is 0 Å². The van der Waals surface area contributed by atoms with E-state index in [0.717, 1.165) is 71.9 Å². The molecule has 0 saturated heterocycles. The first kappa shape index (κ1) is 31.7. The van der Waals surface area contributed by atoms with Crippen LogP contribution in [0, 0.1) is 0 Å². The zero-order chi connectivity index (χ0) is 37.5. The number of hydrogen-bond donors (Lipinski definition) is 0. The summed E-state index contributed by atoms with van der Waals surface area (Å²) >= 11 is 0. The van der Waals surface area contributed by atoms with Gasteiger partial charge >= 0.3 is 0 Å². The van der Waals surface area contributed by atoms with Gasteiger partial charge in [-0.2, -0.15) is 0 Å². The van der Waals surface area contributed by atoms with Crippen molar-refractivity contribution in [1.82, 2.24) is 0 Å². The second-order valence-electron chi connectivity index (χ2n) is 14.8. The molecule has 0 aliphatic rings. The smallest absolute Gasteiger partial charge is 0.137 e. The van der Waals surface area contributed by atoms with Crippen molar-refractivity contribution >= 4 is 93.3 Å². The van der Waals surface area contributed by atoms with E-state index in [4.69, 9.17) is 8.83 Å². The highest BCUT2D eigenvalue weighted by Gasteiger charge is 2.20. The Morgan fingerprint density at radius 2 is 0.877 bits per heavy atom. The van der Waals surface area contributed by atoms with Crippen LogP contribution in [-0.4, -0.2) is 0 Å². The molecule has 0 bridgehead atoms. The standard InChI is InChI=1S/C54H33NO2/c1-2-10-34(11-3-1)35-20-24-39(25-21-35)55(40-26-27-46-52(33-40)57-50-30-22-36-12-4-5-13-42(36)53(46)50)48-29-28-41(43-14-6-7-15-44(43)48)38-19-18-37-23-31-51-54(47(37)32-38)45-16-8-9-17-49(45)56-51/h1-33H. The minimum atomic E-state index is 0.861. The van der Waals surface area contributed by atoms with Crippen LogP contribution in [-0.2, 0) is 0 Å². The first-order valence-corrected chi connectivity index (χ1v) is 19.4. The van der Waals surface area contributed by atoms with Gasteiger partial charge in [-0.1, -0.05) is 140 Å². The fourth-order valence-electron chi connectivity index (χ4n) is 8.98. The van der Waals surface area contributed by atoms with Crippen LogP contribution < -0.4 is 4.90 Å². The molecule has 10 aromatic carbocycles. The average Bonchev–Trinajstić information content (AvgIpc) is 3.86. The van der Waals surface area contributed by atoms with Gasteiger partial charge in [0.25, 0.3) is 0 Å². The Kier molecular flexibility index (Phi) is 6.93. The summed E-state index contributed by atoms with van der Waals surface area (Å²) in [4.78, 5) is 2.37. The van der Waals surface area contributed by atoms with E-state index in [2.05, 4.69) is 193 Å². The summed E-state index contributed by atoms with van der Waals surface area (Å²) in [5.74, 6) is 0. The average molecular weight is 728 g/mol. The normalized spacial score (nSPS) is 11.9. The molecule has 0 amide bonds. The third kappa shape index (κ3) is 4.99. The summed E-state index contributed by atoms with van der Waals surface area (Å²) in [6, 6.07) is 71.6. The molecule has 0 N–H and O–H groups in total. The predicted octanol–water partition coefficient (Wildman–Crippen LogP) is 15.7. The van der Waals surface area contributed by atoms with Gasteiger partial charge in [0.1, 0.15) is 22.3 Å². The number of benzene rings is 10. The Labute approximate surface area is 328 Å². The van der Waals surface area contributed by atoms with Crippen molar-refractivity contribution in [1.29, 1.82) is 0 Å². The molecule has 0 aliphatic heterocycles. The maximum Gasteiger partial charge on any atom is 0.137 e. The van der Waals surface area contributed by atoms with E-state index in [1.54, 1.807) is 0 Å². The van der Waals surface area contributed by atoms with Crippen LogP contribution >= 0.6 is 0 Å². The van der Waals surface area contributed by atoms with Crippen LogP contribution in [0.3, 0.4) is 0 Å². The van der Waals surface area contributed by atoms with Gasteiger partial charge in [0.15, 0.2) is 0 Å². The number of nitrogens with zero attached hydrogens (tertiary/aromatic N) is 1. The minimum absolute atomic E-state index is 0.861. The third-order valence-corrected chi connectivity index (χ3v) is 11.6. The minimum Gasteiger partial charge on any atom is -0.456 e. The van der Waals surface area contributed by atoms with Gasteiger partial charge in [0.05, 0.1) is 5.69 Å². The molecule has 0 fully saturated rings. The summed E-state index contributed by atoms with van der Waals surface area (Å²) in [6.07, 6.45) is 0. The zero-order valence-corrected chi connectivity index (χ0v) is 30.8.